The van der Waals surface area contributed by atoms with Gasteiger partial charge in [-0.05, 0) is 18.2 Å². The Morgan fingerprint density at radius 2 is 2.09 bits per heavy atom. The molecule has 0 spiro atoms. The molecule has 0 aliphatic heterocycles. The quantitative estimate of drug-likeness (QED) is 0.649. The van der Waals surface area contributed by atoms with Crippen molar-refractivity contribution in [3.63, 3.8) is 0 Å². The number of aromatic nitrogens is 2. The highest BCUT2D eigenvalue weighted by Crippen LogP contribution is 2.18. The second-order valence-corrected chi connectivity index (χ2v) is 5.09. The van der Waals surface area contributed by atoms with Gasteiger partial charge in [0.05, 0.1) is 6.42 Å². The number of amides is 1. The predicted molar refractivity (Wildman–Crippen MR) is 82.7 cm³/mol. The molecule has 3 rings (SSSR count). The molecule has 1 unspecified atom stereocenters. The summed E-state index contributed by atoms with van der Waals surface area (Å²) in [6.45, 7) is -0.00539. The molecule has 1 aromatic carbocycles. The number of hydrogen-bond donors (Lipinski definition) is 3. The van der Waals surface area contributed by atoms with E-state index in [0.29, 0.717) is 17.0 Å². The van der Waals surface area contributed by atoms with E-state index in [0.717, 1.165) is 5.39 Å². The summed E-state index contributed by atoms with van der Waals surface area (Å²) in [5, 5.41) is 17.3. The van der Waals surface area contributed by atoms with E-state index in [1.807, 2.05) is 18.2 Å². The van der Waals surface area contributed by atoms with Crippen molar-refractivity contribution in [2.45, 2.75) is 12.5 Å². The first-order valence-electron chi connectivity index (χ1n) is 7.11. The Kier molecular flexibility index (Phi) is 4.20. The highest BCUT2D eigenvalue weighted by atomic mass is 16.5. The number of carbonyl (C=O) groups excluding carboxylic acids is 1. The summed E-state index contributed by atoms with van der Waals surface area (Å²) >= 11 is 0. The first kappa shape index (κ1) is 15.0. The smallest absolute Gasteiger partial charge is 0.248 e. The van der Waals surface area contributed by atoms with Crippen LogP contribution in [-0.2, 0) is 11.2 Å². The van der Waals surface area contributed by atoms with Crippen LogP contribution in [0.1, 0.15) is 17.5 Å². The summed E-state index contributed by atoms with van der Waals surface area (Å²) < 4.78 is 5.14. The van der Waals surface area contributed by atoms with Gasteiger partial charge in [0.15, 0.2) is 5.58 Å². The number of fused-ring (bicyclic) bond motifs is 1. The van der Waals surface area contributed by atoms with Gasteiger partial charge in [-0.3, -0.25) is 9.59 Å². The standard InChI is InChI=1S/C16H15N3O4/c20-13(11-5-3-7-15(21)18-11)9-17-16(22)8-12-10-4-1-2-6-14(10)23-19-12/h1-7,13,20H,8-9H2,(H,17,22)(H,18,21). The molecule has 0 saturated carbocycles. The third-order valence-electron chi connectivity index (χ3n) is 3.42. The maximum Gasteiger partial charge on any atom is 0.248 e. The average Bonchev–Trinajstić information content (AvgIpc) is 2.96. The Morgan fingerprint density at radius 1 is 1.26 bits per heavy atom. The lowest BCUT2D eigenvalue weighted by Crippen LogP contribution is -2.30. The normalized spacial score (nSPS) is 12.2. The van der Waals surface area contributed by atoms with Crippen LogP contribution in [0.5, 0.6) is 0 Å². The molecule has 2 aromatic heterocycles. The number of hydrogen-bond acceptors (Lipinski definition) is 5. The molecule has 118 valence electrons. The second kappa shape index (κ2) is 6.45. The van der Waals surface area contributed by atoms with Crippen LogP contribution in [0.2, 0.25) is 0 Å². The van der Waals surface area contributed by atoms with Crippen LogP contribution in [-0.4, -0.2) is 27.7 Å². The minimum atomic E-state index is -0.984. The highest BCUT2D eigenvalue weighted by molar-refractivity contribution is 5.86. The number of pyridine rings is 1. The lowest BCUT2D eigenvalue weighted by molar-refractivity contribution is -0.121. The molecule has 1 atom stereocenters. The molecule has 0 fully saturated rings. The Hall–Kier alpha value is -2.93. The fourth-order valence-corrected chi connectivity index (χ4v) is 2.26. The van der Waals surface area contributed by atoms with Crippen molar-refractivity contribution in [1.82, 2.24) is 15.5 Å². The van der Waals surface area contributed by atoms with Gasteiger partial charge in [-0.25, -0.2) is 0 Å². The van der Waals surface area contributed by atoms with E-state index in [4.69, 9.17) is 4.52 Å². The molecular weight excluding hydrogens is 298 g/mol. The van der Waals surface area contributed by atoms with E-state index in [2.05, 4.69) is 15.5 Å². The Bertz CT molecular complexity index is 884. The van der Waals surface area contributed by atoms with Gasteiger partial charge < -0.3 is 19.9 Å². The predicted octanol–water partition coefficient (Wildman–Crippen LogP) is 0.908. The molecule has 7 heteroatoms. The zero-order valence-electron chi connectivity index (χ0n) is 12.2. The molecule has 0 bridgehead atoms. The molecule has 1 amide bonds. The lowest BCUT2D eigenvalue weighted by Gasteiger charge is -2.11. The van der Waals surface area contributed by atoms with Crippen LogP contribution in [0.3, 0.4) is 0 Å². The van der Waals surface area contributed by atoms with Crippen molar-refractivity contribution in [1.29, 1.82) is 0 Å². The monoisotopic (exact) mass is 313 g/mol. The molecule has 3 aromatic rings. The summed E-state index contributed by atoms with van der Waals surface area (Å²) in [7, 11) is 0. The summed E-state index contributed by atoms with van der Waals surface area (Å²) in [5.74, 6) is -0.290. The third-order valence-corrected chi connectivity index (χ3v) is 3.42. The average molecular weight is 313 g/mol. The van der Waals surface area contributed by atoms with Gasteiger partial charge in [-0.1, -0.05) is 23.4 Å². The molecular formula is C16H15N3O4. The Labute approximate surface area is 130 Å². The van der Waals surface area contributed by atoms with Gasteiger partial charge >= 0.3 is 0 Å². The Morgan fingerprint density at radius 3 is 2.91 bits per heavy atom. The van der Waals surface area contributed by atoms with Gasteiger partial charge in [-0.15, -0.1) is 0 Å². The van der Waals surface area contributed by atoms with Gasteiger partial charge in [0, 0.05) is 23.7 Å². The van der Waals surface area contributed by atoms with Gasteiger partial charge in [0.1, 0.15) is 11.8 Å². The first-order chi connectivity index (χ1) is 11.1. The van der Waals surface area contributed by atoms with Crippen molar-refractivity contribution in [2.24, 2.45) is 0 Å². The summed E-state index contributed by atoms with van der Waals surface area (Å²) in [6.07, 6.45) is -0.934. The summed E-state index contributed by atoms with van der Waals surface area (Å²) in [6, 6.07) is 11.8. The fourth-order valence-electron chi connectivity index (χ4n) is 2.26. The van der Waals surface area contributed by atoms with E-state index in [1.54, 1.807) is 18.2 Å². The molecule has 2 heterocycles. The highest BCUT2D eigenvalue weighted by Gasteiger charge is 2.14. The van der Waals surface area contributed by atoms with Crippen LogP contribution in [0, 0.1) is 0 Å². The molecule has 0 aliphatic rings. The molecule has 3 N–H and O–H groups in total. The summed E-state index contributed by atoms with van der Waals surface area (Å²) in [5.41, 5.74) is 1.21. The SMILES string of the molecule is O=C(Cc1noc2ccccc12)NCC(O)c1cccc(=O)[nH]1. The van der Waals surface area contributed by atoms with Crippen molar-refractivity contribution < 1.29 is 14.4 Å². The minimum Gasteiger partial charge on any atom is -0.385 e. The van der Waals surface area contributed by atoms with E-state index < -0.39 is 6.10 Å². The molecule has 0 aliphatic carbocycles. The van der Waals surface area contributed by atoms with Gasteiger partial charge in [0.25, 0.3) is 0 Å². The van der Waals surface area contributed by atoms with Crippen LogP contribution < -0.4 is 10.9 Å². The number of carbonyl (C=O) groups is 1. The van der Waals surface area contributed by atoms with Crippen molar-refractivity contribution in [3.05, 3.63) is 64.2 Å². The zero-order valence-corrected chi connectivity index (χ0v) is 12.2. The number of aliphatic hydroxyl groups is 1. The van der Waals surface area contributed by atoms with E-state index >= 15 is 0 Å². The van der Waals surface area contributed by atoms with Crippen LogP contribution in [0.25, 0.3) is 11.0 Å². The molecule has 0 saturated heterocycles. The van der Waals surface area contributed by atoms with Gasteiger partial charge in [0.2, 0.25) is 11.5 Å². The minimum absolute atomic E-state index is 0.00539. The number of nitrogens with one attached hydrogen (secondary N) is 2. The number of para-hydroxylation sites is 1. The number of H-pyrrole nitrogens is 1. The number of benzene rings is 1. The van der Waals surface area contributed by atoms with Crippen molar-refractivity contribution in [3.8, 4) is 0 Å². The van der Waals surface area contributed by atoms with Crippen molar-refractivity contribution >= 4 is 16.9 Å². The second-order valence-electron chi connectivity index (χ2n) is 5.09. The van der Waals surface area contributed by atoms with Gasteiger partial charge in [-0.2, -0.15) is 0 Å². The fraction of sp³-hybridized carbons (Fsp3) is 0.188. The van der Waals surface area contributed by atoms with E-state index in [9.17, 15) is 14.7 Å². The number of aromatic amines is 1. The van der Waals surface area contributed by atoms with Crippen LogP contribution in [0.15, 0.2) is 51.8 Å². The maximum atomic E-state index is 12.0. The topological polar surface area (TPSA) is 108 Å². The first-order valence-corrected chi connectivity index (χ1v) is 7.11. The van der Waals surface area contributed by atoms with E-state index in [1.165, 1.54) is 6.07 Å². The number of rotatable bonds is 5. The lowest BCUT2D eigenvalue weighted by atomic mass is 10.1. The zero-order chi connectivity index (χ0) is 16.2. The maximum absolute atomic E-state index is 12.0. The number of nitrogens with zero attached hydrogens (tertiary/aromatic N) is 1. The largest absolute Gasteiger partial charge is 0.385 e. The van der Waals surface area contributed by atoms with Crippen LogP contribution >= 0.6 is 0 Å². The number of aliphatic hydroxyl groups excluding tert-OH is 1. The van der Waals surface area contributed by atoms with Crippen molar-refractivity contribution in [2.75, 3.05) is 6.54 Å². The summed E-state index contributed by atoms with van der Waals surface area (Å²) in [4.78, 5) is 25.7. The molecule has 23 heavy (non-hydrogen) atoms. The Balaban J connectivity index is 1.60. The third kappa shape index (κ3) is 3.46. The molecule has 7 nitrogen and oxygen atoms in total. The molecule has 0 radical (unpaired) electrons. The van der Waals surface area contributed by atoms with E-state index in [-0.39, 0.29) is 24.4 Å². The van der Waals surface area contributed by atoms with Crippen LogP contribution in [0.4, 0.5) is 0 Å².